The molecule has 2 heterocycles. The topological polar surface area (TPSA) is 21.1 Å². The van der Waals surface area contributed by atoms with E-state index in [4.69, 9.17) is 0 Å². The normalized spacial score (nSPS) is 16.1. The summed E-state index contributed by atoms with van der Waals surface area (Å²) in [6.45, 7) is 8.15. The van der Waals surface area contributed by atoms with Gasteiger partial charge in [-0.2, -0.15) is 5.10 Å². The summed E-state index contributed by atoms with van der Waals surface area (Å²) in [6, 6.07) is 2.09. The lowest BCUT2D eigenvalue weighted by Gasteiger charge is -2.08. The van der Waals surface area contributed by atoms with Gasteiger partial charge in [-0.1, -0.05) is 11.8 Å². The highest BCUT2D eigenvalue weighted by Crippen LogP contribution is 2.05. The van der Waals surface area contributed by atoms with Gasteiger partial charge in [0.15, 0.2) is 0 Å². The van der Waals surface area contributed by atoms with E-state index in [1.54, 1.807) is 0 Å². The van der Waals surface area contributed by atoms with Crippen LogP contribution in [-0.4, -0.2) is 34.3 Å². The lowest BCUT2D eigenvalue weighted by Crippen LogP contribution is -2.19. The van der Waals surface area contributed by atoms with Gasteiger partial charge in [0.05, 0.1) is 12.2 Å². The number of likely N-dealkylation sites (tertiary alicyclic amines) is 1. The minimum Gasteiger partial charge on any atom is -0.292 e. The van der Waals surface area contributed by atoms with E-state index in [1.807, 2.05) is 11.6 Å². The van der Waals surface area contributed by atoms with Crippen molar-refractivity contribution >= 4 is 0 Å². The Labute approximate surface area is 97.4 Å². The third-order valence-corrected chi connectivity index (χ3v) is 2.96. The van der Waals surface area contributed by atoms with Gasteiger partial charge in [-0.15, -0.1) is 0 Å². The molecule has 16 heavy (non-hydrogen) atoms. The maximum absolute atomic E-state index is 4.38. The first-order valence-corrected chi connectivity index (χ1v) is 5.95. The molecule has 0 saturated carbocycles. The van der Waals surface area contributed by atoms with Crippen LogP contribution < -0.4 is 0 Å². The Balaban J connectivity index is 1.82. The van der Waals surface area contributed by atoms with Crippen LogP contribution in [0.3, 0.4) is 0 Å². The fraction of sp³-hybridized carbons (Fsp3) is 0.615. The number of aryl methyl sites for hydroxylation is 2. The molecule has 3 heteroatoms. The second-order valence-electron chi connectivity index (χ2n) is 4.42. The minimum absolute atomic E-state index is 0.716. The predicted molar refractivity (Wildman–Crippen MR) is 65.2 cm³/mol. The summed E-state index contributed by atoms with van der Waals surface area (Å²) < 4.78 is 1.96. The number of rotatable bonds is 2. The SMILES string of the molecule is Cc1cc(C)n(CC#CCN2CCCC2)n1. The van der Waals surface area contributed by atoms with Gasteiger partial charge in [-0.25, -0.2) is 0 Å². The minimum atomic E-state index is 0.716. The molecule has 1 aliphatic heterocycles. The van der Waals surface area contributed by atoms with Crippen LogP contribution in [0, 0.1) is 25.7 Å². The molecule has 1 aliphatic rings. The van der Waals surface area contributed by atoms with Crippen molar-refractivity contribution in [2.24, 2.45) is 0 Å². The van der Waals surface area contributed by atoms with Crippen molar-refractivity contribution in [3.8, 4) is 11.8 Å². The lowest BCUT2D eigenvalue weighted by atomic mass is 10.4. The highest BCUT2D eigenvalue weighted by Gasteiger charge is 2.08. The third-order valence-electron chi connectivity index (χ3n) is 2.96. The van der Waals surface area contributed by atoms with E-state index in [2.05, 4.69) is 34.8 Å². The van der Waals surface area contributed by atoms with Gasteiger partial charge >= 0.3 is 0 Å². The first kappa shape index (κ1) is 11.2. The van der Waals surface area contributed by atoms with Crippen molar-refractivity contribution in [2.75, 3.05) is 19.6 Å². The van der Waals surface area contributed by atoms with E-state index < -0.39 is 0 Å². The largest absolute Gasteiger partial charge is 0.292 e. The van der Waals surface area contributed by atoms with Crippen LogP contribution in [0.25, 0.3) is 0 Å². The molecular formula is C13H19N3. The molecule has 86 valence electrons. The van der Waals surface area contributed by atoms with Crippen LogP contribution in [0.5, 0.6) is 0 Å². The van der Waals surface area contributed by atoms with Gasteiger partial charge in [-0.3, -0.25) is 9.58 Å². The van der Waals surface area contributed by atoms with Gasteiger partial charge in [-0.05, 0) is 45.8 Å². The molecule has 0 aliphatic carbocycles. The molecule has 2 rings (SSSR count). The Kier molecular flexibility index (Phi) is 3.63. The summed E-state index contributed by atoms with van der Waals surface area (Å²) in [5.74, 6) is 6.42. The van der Waals surface area contributed by atoms with Crippen molar-refractivity contribution in [3.05, 3.63) is 17.5 Å². The quantitative estimate of drug-likeness (QED) is 0.702. The molecule has 1 aromatic heterocycles. The first-order chi connectivity index (χ1) is 7.75. The van der Waals surface area contributed by atoms with E-state index in [-0.39, 0.29) is 0 Å². The zero-order valence-corrected chi connectivity index (χ0v) is 10.2. The number of hydrogen-bond donors (Lipinski definition) is 0. The highest BCUT2D eigenvalue weighted by atomic mass is 15.3. The fourth-order valence-corrected chi connectivity index (χ4v) is 2.07. The Morgan fingerprint density at radius 1 is 1.19 bits per heavy atom. The van der Waals surface area contributed by atoms with Crippen molar-refractivity contribution < 1.29 is 0 Å². The van der Waals surface area contributed by atoms with Crippen LogP contribution in [0.4, 0.5) is 0 Å². The lowest BCUT2D eigenvalue weighted by molar-refractivity contribution is 0.383. The predicted octanol–water partition coefficient (Wildman–Crippen LogP) is 1.60. The Morgan fingerprint density at radius 2 is 1.88 bits per heavy atom. The summed E-state index contributed by atoms with van der Waals surface area (Å²) in [5.41, 5.74) is 2.26. The molecular weight excluding hydrogens is 198 g/mol. The molecule has 0 amide bonds. The van der Waals surface area contributed by atoms with Crippen LogP contribution in [0.1, 0.15) is 24.2 Å². The zero-order chi connectivity index (χ0) is 11.4. The van der Waals surface area contributed by atoms with Crippen molar-refractivity contribution in [1.82, 2.24) is 14.7 Å². The summed E-state index contributed by atoms with van der Waals surface area (Å²) >= 11 is 0. The molecule has 1 saturated heterocycles. The van der Waals surface area contributed by atoms with E-state index in [0.29, 0.717) is 6.54 Å². The van der Waals surface area contributed by atoms with Crippen LogP contribution in [-0.2, 0) is 6.54 Å². The fourth-order valence-electron chi connectivity index (χ4n) is 2.07. The van der Waals surface area contributed by atoms with Gasteiger partial charge in [0.1, 0.15) is 6.54 Å². The van der Waals surface area contributed by atoms with E-state index in [1.165, 1.54) is 31.6 Å². The molecule has 1 fully saturated rings. The molecule has 0 N–H and O–H groups in total. The standard InChI is InChI=1S/C13H19N3/c1-12-11-13(2)16(14-12)10-6-5-9-15-7-3-4-8-15/h11H,3-4,7-10H2,1-2H3. The summed E-state index contributed by atoms with van der Waals surface area (Å²) in [6.07, 6.45) is 2.66. The summed E-state index contributed by atoms with van der Waals surface area (Å²) in [5, 5.41) is 4.38. The van der Waals surface area contributed by atoms with Crippen molar-refractivity contribution in [3.63, 3.8) is 0 Å². The monoisotopic (exact) mass is 217 g/mol. The maximum Gasteiger partial charge on any atom is 0.102 e. The van der Waals surface area contributed by atoms with Gasteiger partial charge in [0.25, 0.3) is 0 Å². The van der Waals surface area contributed by atoms with Gasteiger partial charge in [0.2, 0.25) is 0 Å². The Hall–Kier alpha value is -1.27. The average molecular weight is 217 g/mol. The van der Waals surface area contributed by atoms with Gasteiger partial charge in [0, 0.05) is 5.69 Å². The third kappa shape index (κ3) is 2.86. The Morgan fingerprint density at radius 3 is 2.50 bits per heavy atom. The van der Waals surface area contributed by atoms with Crippen LogP contribution >= 0.6 is 0 Å². The van der Waals surface area contributed by atoms with Crippen LogP contribution in [0.2, 0.25) is 0 Å². The van der Waals surface area contributed by atoms with Gasteiger partial charge < -0.3 is 0 Å². The second-order valence-corrected chi connectivity index (χ2v) is 4.42. The van der Waals surface area contributed by atoms with Crippen LogP contribution in [0.15, 0.2) is 6.07 Å². The molecule has 0 bridgehead atoms. The zero-order valence-electron chi connectivity index (χ0n) is 10.2. The molecule has 0 unspecified atom stereocenters. The number of hydrogen-bond acceptors (Lipinski definition) is 2. The molecule has 0 aromatic carbocycles. The molecule has 1 aromatic rings. The summed E-state index contributed by atoms with van der Waals surface area (Å²) in [7, 11) is 0. The second kappa shape index (κ2) is 5.18. The number of aromatic nitrogens is 2. The van der Waals surface area contributed by atoms with E-state index in [9.17, 15) is 0 Å². The number of nitrogens with zero attached hydrogens (tertiary/aromatic N) is 3. The smallest absolute Gasteiger partial charge is 0.102 e. The highest BCUT2D eigenvalue weighted by molar-refractivity contribution is 5.09. The van der Waals surface area contributed by atoms with E-state index >= 15 is 0 Å². The molecule has 0 radical (unpaired) electrons. The van der Waals surface area contributed by atoms with Crippen molar-refractivity contribution in [2.45, 2.75) is 33.2 Å². The molecule has 3 nitrogen and oxygen atoms in total. The van der Waals surface area contributed by atoms with Crippen molar-refractivity contribution in [1.29, 1.82) is 0 Å². The summed E-state index contributed by atoms with van der Waals surface area (Å²) in [4.78, 5) is 2.41. The molecule has 0 spiro atoms. The molecule has 0 atom stereocenters. The maximum atomic E-state index is 4.38. The first-order valence-electron chi connectivity index (χ1n) is 5.95. The van der Waals surface area contributed by atoms with E-state index in [0.717, 1.165) is 12.2 Å². The Bertz CT molecular complexity index is 403. The average Bonchev–Trinajstić information content (AvgIpc) is 2.84.